The number of benzene rings is 3. The van der Waals surface area contributed by atoms with E-state index < -0.39 is 23.4 Å². The maximum atomic E-state index is 14.3. The first-order chi connectivity index (χ1) is 19.2. The van der Waals surface area contributed by atoms with Crippen molar-refractivity contribution in [2.24, 2.45) is 5.92 Å². The lowest BCUT2D eigenvalue weighted by atomic mass is 9.91. The Morgan fingerprint density at radius 2 is 1.43 bits per heavy atom. The minimum absolute atomic E-state index is 0.0726. The summed E-state index contributed by atoms with van der Waals surface area (Å²) in [6.07, 6.45) is 2.72. The number of hydrogen-bond donors (Lipinski definition) is 0. The Morgan fingerprint density at radius 1 is 0.750 bits per heavy atom. The molecule has 1 atom stereocenters. The van der Waals surface area contributed by atoms with E-state index in [0.29, 0.717) is 21.8 Å². The van der Waals surface area contributed by atoms with Gasteiger partial charge in [-0.1, -0.05) is 65.7 Å². The van der Waals surface area contributed by atoms with Gasteiger partial charge in [0.15, 0.2) is 17.5 Å². The van der Waals surface area contributed by atoms with Crippen molar-refractivity contribution in [3.8, 4) is 0 Å². The number of carbonyl (C=O) groups excluding carboxylic acids is 4. The second kappa shape index (κ2) is 12.6. The summed E-state index contributed by atoms with van der Waals surface area (Å²) in [6, 6.07) is 20.8. The molecule has 202 valence electrons. The Hall–Kier alpha value is -4.40. The SMILES string of the molecule is CN(C)C(=O)c1cccc(N(Cc2ccc(Cl)c(Cl)c2)C(=O)C(C(=O)c2ccccc2)C(=O)c2ncccn2)c1. The van der Waals surface area contributed by atoms with E-state index in [2.05, 4.69) is 9.97 Å². The molecular formula is C30H24Cl2N4O4. The summed E-state index contributed by atoms with van der Waals surface area (Å²) in [5.74, 6) is -4.71. The number of nitrogens with zero attached hydrogens (tertiary/aromatic N) is 4. The molecule has 0 spiro atoms. The molecule has 1 aromatic heterocycles. The van der Waals surface area contributed by atoms with Gasteiger partial charge in [0.2, 0.25) is 11.7 Å². The van der Waals surface area contributed by atoms with Gasteiger partial charge in [-0.15, -0.1) is 0 Å². The second-order valence-electron chi connectivity index (χ2n) is 9.02. The first kappa shape index (κ1) is 28.6. The van der Waals surface area contributed by atoms with Crippen molar-refractivity contribution < 1.29 is 19.2 Å². The van der Waals surface area contributed by atoms with E-state index in [1.807, 2.05) is 0 Å². The van der Waals surface area contributed by atoms with Gasteiger partial charge >= 0.3 is 0 Å². The minimum Gasteiger partial charge on any atom is -0.345 e. The van der Waals surface area contributed by atoms with E-state index >= 15 is 0 Å². The molecular weight excluding hydrogens is 551 g/mol. The van der Waals surface area contributed by atoms with Gasteiger partial charge in [0.25, 0.3) is 5.91 Å². The van der Waals surface area contributed by atoms with E-state index in [1.54, 1.807) is 68.7 Å². The monoisotopic (exact) mass is 574 g/mol. The summed E-state index contributed by atoms with van der Waals surface area (Å²) in [6.45, 7) is -0.0726. The summed E-state index contributed by atoms with van der Waals surface area (Å²) in [7, 11) is 3.22. The molecule has 40 heavy (non-hydrogen) atoms. The Balaban J connectivity index is 1.85. The zero-order valence-electron chi connectivity index (χ0n) is 21.6. The molecule has 0 bridgehead atoms. The fourth-order valence-electron chi connectivity index (χ4n) is 4.01. The van der Waals surface area contributed by atoms with Crippen molar-refractivity contribution in [2.75, 3.05) is 19.0 Å². The zero-order valence-corrected chi connectivity index (χ0v) is 23.1. The lowest BCUT2D eigenvalue weighted by Crippen LogP contribution is -2.43. The van der Waals surface area contributed by atoms with Crippen LogP contribution in [0.4, 0.5) is 5.69 Å². The molecule has 0 aliphatic carbocycles. The molecule has 10 heteroatoms. The maximum Gasteiger partial charge on any atom is 0.253 e. The maximum absolute atomic E-state index is 14.3. The van der Waals surface area contributed by atoms with Crippen molar-refractivity contribution in [2.45, 2.75) is 6.54 Å². The average molecular weight is 575 g/mol. The normalized spacial score (nSPS) is 11.4. The van der Waals surface area contributed by atoms with Gasteiger partial charge in [0, 0.05) is 43.3 Å². The van der Waals surface area contributed by atoms with E-state index in [9.17, 15) is 19.2 Å². The number of ketones is 2. The Kier molecular flexibility index (Phi) is 9.04. The van der Waals surface area contributed by atoms with E-state index in [0.717, 1.165) is 0 Å². The number of halogens is 2. The molecule has 4 aromatic rings. The Morgan fingerprint density at radius 3 is 2.08 bits per heavy atom. The highest BCUT2D eigenvalue weighted by Gasteiger charge is 2.40. The smallest absolute Gasteiger partial charge is 0.253 e. The number of anilines is 1. The number of amides is 2. The van der Waals surface area contributed by atoms with Crippen LogP contribution < -0.4 is 4.90 Å². The average Bonchev–Trinajstić information content (AvgIpc) is 2.98. The third kappa shape index (κ3) is 6.42. The highest BCUT2D eigenvalue weighted by atomic mass is 35.5. The third-order valence-electron chi connectivity index (χ3n) is 6.02. The first-order valence-electron chi connectivity index (χ1n) is 12.1. The van der Waals surface area contributed by atoms with Crippen LogP contribution in [0.3, 0.4) is 0 Å². The van der Waals surface area contributed by atoms with Gasteiger partial charge in [-0.3, -0.25) is 19.2 Å². The standard InChI is InChI=1S/C30H24Cl2N4O4/c1-35(2)29(39)21-10-6-11-22(17-21)36(18-19-12-13-23(31)24(32)16-19)30(40)25(26(37)20-8-4-3-5-9-20)27(38)28-33-14-7-15-34-28/h3-17,25H,18H2,1-2H3. The molecule has 1 heterocycles. The topological polar surface area (TPSA) is 101 Å². The predicted molar refractivity (Wildman–Crippen MR) is 153 cm³/mol. The van der Waals surface area contributed by atoms with Crippen molar-refractivity contribution in [3.05, 3.63) is 124 Å². The van der Waals surface area contributed by atoms with Crippen molar-refractivity contribution in [1.29, 1.82) is 0 Å². The van der Waals surface area contributed by atoms with Crippen LogP contribution in [0.1, 0.15) is 36.9 Å². The zero-order chi connectivity index (χ0) is 28.8. The first-order valence-corrected chi connectivity index (χ1v) is 12.9. The lowest BCUT2D eigenvalue weighted by molar-refractivity contribution is -0.120. The van der Waals surface area contributed by atoms with Gasteiger partial charge in [0.05, 0.1) is 16.6 Å². The second-order valence-corrected chi connectivity index (χ2v) is 9.84. The summed E-state index contributed by atoms with van der Waals surface area (Å²) < 4.78 is 0. The van der Waals surface area contributed by atoms with Crippen LogP contribution in [0.15, 0.2) is 91.3 Å². The lowest BCUT2D eigenvalue weighted by Gasteiger charge is -2.27. The van der Waals surface area contributed by atoms with Crippen LogP contribution in [0.25, 0.3) is 0 Å². The van der Waals surface area contributed by atoms with Gasteiger partial charge in [0.1, 0.15) is 0 Å². The van der Waals surface area contributed by atoms with Crippen molar-refractivity contribution in [3.63, 3.8) is 0 Å². The fourth-order valence-corrected chi connectivity index (χ4v) is 4.33. The summed E-state index contributed by atoms with van der Waals surface area (Å²) >= 11 is 12.3. The van der Waals surface area contributed by atoms with Crippen LogP contribution in [-0.4, -0.2) is 52.3 Å². The van der Waals surface area contributed by atoms with E-state index in [1.165, 1.54) is 46.5 Å². The van der Waals surface area contributed by atoms with Gasteiger partial charge in [-0.25, -0.2) is 9.97 Å². The molecule has 0 aliphatic heterocycles. The molecule has 8 nitrogen and oxygen atoms in total. The van der Waals surface area contributed by atoms with E-state index in [-0.39, 0.29) is 28.9 Å². The molecule has 0 N–H and O–H groups in total. The van der Waals surface area contributed by atoms with Gasteiger partial charge < -0.3 is 9.80 Å². The predicted octanol–water partition coefficient (Wildman–Crippen LogP) is 5.40. The number of aromatic nitrogens is 2. The largest absolute Gasteiger partial charge is 0.345 e. The molecule has 0 saturated heterocycles. The quantitative estimate of drug-likeness (QED) is 0.196. The van der Waals surface area contributed by atoms with Crippen LogP contribution in [0.2, 0.25) is 10.0 Å². The molecule has 0 saturated carbocycles. The molecule has 1 unspecified atom stereocenters. The summed E-state index contributed by atoms with van der Waals surface area (Å²) in [5.41, 5.74) is 1.38. The minimum atomic E-state index is -1.79. The van der Waals surface area contributed by atoms with Gasteiger partial charge in [-0.05, 0) is 42.0 Å². The van der Waals surface area contributed by atoms with E-state index in [4.69, 9.17) is 23.2 Å². The number of rotatable bonds is 9. The van der Waals surface area contributed by atoms with Crippen LogP contribution >= 0.6 is 23.2 Å². The van der Waals surface area contributed by atoms with Gasteiger partial charge in [-0.2, -0.15) is 0 Å². The molecule has 0 radical (unpaired) electrons. The molecule has 0 fully saturated rings. The summed E-state index contributed by atoms with van der Waals surface area (Å²) in [5, 5.41) is 0.601. The molecule has 4 rings (SSSR count). The number of hydrogen-bond acceptors (Lipinski definition) is 6. The fraction of sp³-hybridized carbons (Fsp3) is 0.133. The number of Topliss-reactive ketones (excluding diaryl/α,β-unsaturated/α-hetero) is 2. The third-order valence-corrected chi connectivity index (χ3v) is 6.76. The van der Waals surface area contributed by atoms with Crippen LogP contribution in [0.5, 0.6) is 0 Å². The highest BCUT2D eigenvalue weighted by Crippen LogP contribution is 2.28. The molecule has 2 amide bonds. The van der Waals surface area contributed by atoms with Crippen molar-refractivity contribution >= 4 is 52.3 Å². The Bertz CT molecular complexity index is 1510. The van der Waals surface area contributed by atoms with Crippen LogP contribution in [0, 0.1) is 5.92 Å². The molecule has 0 aliphatic rings. The Labute approximate surface area is 241 Å². The van der Waals surface area contributed by atoms with Crippen LogP contribution in [-0.2, 0) is 11.3 Å². The summed E-state index contributed by atoms with van der Waals surface area (Å²) in [4.78, 5) is 65.1. The van der Waals surface area contributed by atoms with Crippen molar-refractivity contribution in [1.82, 2.24) is 14.9 Å². The number of carbonyl (C=O) groups is 4. The highest BCUT2D eigenvalue weighted by molar-refractivity contribution is 6.42. The molecule has 3 aromatic carbocycles.